The SMILES string of the molecule is CCC(C)C(O)CNC(C)c1ccc(F)cc1N(C)C. The summed E-state index contributed by atoms with van der Waals surface area (Å²) >= 11 is 0. The van der Waals surface area contributed by atoms with Crippen LogP contribution in [0.5, 0.6) is 0 Å². The van der Waals surface area contributed by atoms with Crippen molar-refractivity contribution >= 4 is 5.69 Å². The van der Waals surface area contributed by atoms with E-state index >= 15 is 0 Å². The number of anilines is 1. The molecule has 4 heteroatoms. The summed E-state index contributed by atoms with van der Waals surface area (Å²) < 4.78 is 13.3. The molecule has 0 spiro atoms. The van der Waals surface area contributed by atoms with Crippen LogP contribution in [0, 0.1) is 11.7 Å². The van der Waals surface area contributed by atoms with Crippen molar-refractivity contribution < 1.29 is 9.50 Å². The van der Waals surface area contributed by atoms with Crippen molar-refractivity contribution in [3.05, 3.63) is 29.6 Å². The van der Waals surface area contributed by atoms with Crippen LogP contribution in [0.1, 0.15) is 38.8 Å². The highest BCUT2D eigenvalue weighted by atomic mass is 19.1. The van der Waals surface area contributed by atoms with Gasteiger partial charge in [-0.1, -0.05) is 26.3 Å². The van der Waals surface area contributed by atoms with Gasteiger partial charge in [0.2, 0.25) is 0 Å². The highest BCUT2D eigenvalue weighted by Gasteiger charge is 2.16. The van der Waals surface area contributed by atoms with E-state index in [1.165, 1.54) is 6.07 Å². The molecule has 1 rings (SSSR count). The molecule has 0 fully saturated rings. The molecule has 1 aromatic rings. The van der Waals surface area contributed by atoms with E-state index in [4.69, 9.17) is 0 Å². The summed E-state index contributed by atoms with van der Waals surface area (Å²) in [5.74, 6) is 0.0422. The molecule has 0 heterocycles. The molecular weight excluding hydrogens is 255 g/mol. The van der Waals surface area contributed by atoms with E-state index in [0.29, 0.717) is 6.54 Å². The van der Waals surface area contributed by atoms with Crippen molar-refractivity contribution in [3.63, 3.8) is 0 Å². The molecule has 0 aromatic heterocycles. The largest absolute Gasteiger partial charge is 0.392 e. The van der Waals surface area contributed by atoms with Gasteiger partial charge in [0.15, 0.2) is 0 Å². The molecule has 0 saturated heterocycles. The van der Waals surface area contributed by atoms with Gasteiger partial charge in [0.1, 0.15) is 5.82 Å². The Balaban J connectivity index is 2.75. The average molecular weight is 282 g/mol. The van der Waals surface area contributed by atoms with Crippen molar-refractivity contribution in [2.45, 2.75) is 39.3 Å². The monoisotopic (exact) mass is 282 g/mol. The number of hydrogen-bond donors (Lipinski definition) is 2. The number of nitrogens with one attached hydrogen (secondary N) is 1. The first-order valence-corrected chi connectivity index (χ1v) is 7.25. The van der Waals surface area contributed by atoms with Gasteiger partial charge in [-0.3, -0.25) is 0 Å². The molecule has 0 aliphatic carbocycles. The second kappa shape index (κ2) is 7.60. The van der Waals surface area contributed by atoms with Gasteiger partial charge in [-0.05, 0) is 30.5 Å². The maximum Gasteiger partial charge on any atom is 0.125 e. The first-order chi connectivity index (χ1) is 9.36. The van der Waals surface area contributed by atoms with E-state index in [2.05, 4.69) is 12.2 Å². The van der Waals surface area contributed by atoms with Crippen molar-refractivity contribution in [1.82, 2.24) is 5.32 Å². The van der Waals surface area contributed by atoms with Gasteiger partial charge in [0.05, 0.1) is 6.10 Å². The van der Waals surface area contributed by atoms with Crippen molar-refractivity contribution in [3.8, 4) is 0 Å². The topological polar surface area (TPSA) is 35.5 Å². The van der Waals surface area contributed by atoms with Crippen LogP contribution in [0.3, 0.4) is 0 Å². The van der Waals surface area contributed by atoms with Gasteiger partial charge in [-0.15, -0.1) is 0 Å². The molecule has 0 saturated carbocycles. The zero-order valence-corrected chi connectivity index (χ0v) is 13.2. The number of rotatable bonds is 7. The quantitative estimate of drug-likeness (QED) is 0.807. The molecular formula is C16H27FN2O. The summed E-state index contributed by atoms with van der Waals surface area (Å²) in [5.41, 5.74) is 1.90. The minimum absolute atomic E-state index is 0.0618. The van der Waals surface area contributed by atoms with Gasteiger partial charge in [-0.2, -0.15) is 0 Å². The Morgan fingerprint density at radius 1 is 1.30 bits per heavy atom. The summed E-state index contributed by atoms with van der Waals surface area (Å²) in [4.78, 5) is 1.90. The standard InChI is InChI=1S/C16H27FN2O/c1-6-11(2)16(20)10-18-12(3)14-8-7-13(17)9-15(14)19(4)5/h7-9,11-12,16,18,20H,6,10H2,1-5H3. The number of nitrogens with zero attached hydrogens (tertiary/aromatic N) is 1. The Hall–Kier alpha value is -1.13. The van der Waals surface area contributed by atoms with Crippen LogP contribution in [0.4, 0.5) is 10.1 Å². The molecule has 114 valence electrons. The normalized spacial score (nSPS) is 15.8. The summed E-state index contributed by atoms with van der Waals surface area (Å²) in [7, 11) is 3.80. The summed E-state index contributed by atoms with van der Waals surface area (Å²) in [6.45, 7) is 6.69. The fourth-order valence-corrected chi connectivity index (χ4v) is 2.15. The second-order valence-electron chi connectivity index (χ2n) is 5.68. The van der Waals surface area contributed by atoms with Gasteiger partial charge in [0, 0.05) is 32.4 Å². The van der Waals surface area contributed by atoms with Crippen LogP contribution in [-0.2, 0) is 0 Å². The lowest BCUT2D eigenvalue weighted by molar-refractivity contribution is 0.110. The Bertz CT molecular complexity index is 423. The molecule has 0 aliphatic rings. The fraction of sp³-hybridized carbons (Fsp3) is 0.625. The third kappa shape index (κ3) is 4.46. The summed E-state index contributed by atoms with van der Waals surface area (Å²) in [6, 6.07) is 4.88. The lowest BCUT2D eigenvalue weighted by Crippen LogP contribution is -2.33. The van der Waals surface area contributed by atoms with Crippen LogP contribution < -0.4 is 10.2 Å². The fourth-order valence-electron chi connectivity index (χ4n) is 2.15. The highest BCUT2D eigenvalue weighted by molar-refractivity contribution is 5.54. The van der Waals surface area contributed by atoms with Crippen LogP contribution >= 0.6 is 0 Å². The van der Waals surface area contributed by atoms with Gasteiger partial charge in [-0.25, -0.2) is 4.39 Å². The molecule has 20 heavy (non-hydrogen) atoms. The summed E-state index contributed by atoms with van der Waals surface area (Å²) in [5, 5.41) is 13.3. The first kappa shape index (κ1) is 16.9. The van der Waals surface area contributed by atoms with Crippen molar-refractivity contribution in [2.24, 2.45) is 5.92 Å². The number of hydrogen-bond acceptors (Lipinski definition) is 3. The van der Waals surface area contributed by atoms with E-state index in [-0.39, 0.29) is 23.9 Å². The molecule has 3 atom stereocenters. The maximum atomic E-state index is 13.3. The zero-order valence-electron chi connectivity index (χ0n) is 13.2. The smallest absolute Gasteiger partial charge is 0.125 e. The number of aliphatic hydroxyl groups excluding tert-OH is 1. The number of benzene rings is 1. The van der Waals surface area contributed by atoms with Crippen LogP contribution in [0.25, 0.3) is 0 Å². The summed E-state index contributed by atoms with van der Waals surface area (Å²) in [6.07, 6.45) is 0.599. The number of aliphatic hydroxyl groups is 1. The zero-order chi connectivity index (χ0) is 15.3. The minimum Gasteiger partial charge on any atom is -0.392 e. The Labute approximate surface area is 121 Å². The molecule has 0 bridgehead atoms. The Morgan fingerprint density at radius 3 is 2.50 bits per heavy atom. The lowest BCUT2D eigenvalue weighted by atomic mass is 10.0. The molecule has 0 aliphatic heterocycles. The van der Waals surface area contributed by atoms with Crippen molar-refractivity contribution in [2.75, 3.05) is 25.5 Å². The molecule has 0 radical (unpaired) electrons. The maximum absolute atomic E-state index is 13.3. The van der Waals surface area contributed by atoms with Gasteiger partial charge < -0.3 is 15.3 Å². The highest BCUT2D eigenvalue weighted by Crippen LogP contribution is 2.26. The predicted octanol–water partition coefficient (Wildman–Crippen LogP) is 2.95. The van der Waals surface area contributed by atoms with E-state index < -0.39 is 0 Å². The van der Waals surface area contributed by atoms with E-state index in [1.807, 2.05) is 32.8 Å². The van der Waals surface area contributed by atoms with Crippen LogP contribution in [-0.4, -0.2) is 31.9 Å². The minimum atomic E-state index is -0.356. The first-order valence-electron chi connectivity index (χ1n) is 7.25. The molecule has 1 aromatic carbocycles. The van der Waals surface area contributed by atoms with Crippen molar-refractivity contribution in [1.29, 1.82) is 0 Å². The van der Waals surface area contributed by atoms with Crippen LogP contribution in [0.15, 0.2) is 18.2 Å². The second-order valence-corrected chi connectivity index (χ2v) is 5.68. The Morgan fingerprint density at radius 2 is 1.95 bits per heavy atom. The van der Waals surface area contributed by atoms with Crippen LogP contribution in [0.2, 0.25) is 0 Å². The molecule has 3 unspecified atom stereocenters. The average Bonchev–Trinajstić information content (AvgIpc) is 2.43. The van der Waals surface area contributed by atoms with E-state index in [1.54, 1.807) is 12.1 Å². The van der Waals surface area contributed by atoms with Gasteiger partial charge in [0.25, 0.3) is 0 Å². The Kier molecular flexibility index (Phi) is 6.43. The van der Waals surface area contributed by atoms with Gasteiger partial charge >= 0.3 is 0 Å². The molecule has 3 nitrogen and oxygen atoms in total. The van der Waals surface area contributed by atoms with E-state index in [0.717, 1.165) is 17.7 Å². The molecule has 0 amide bonds. The third-order valence-corrected chi connectivity index (χ3v) is 3.87. The van der Waals surface area contributed by atoms with E-state index in [9.17, 15) is 9.50 Å². The molecule has 2 N–H and O–H groups in total. The lowest BCUT2D eigenvalue weighted by Gasteiger charge is -2.25. The third-order valence-electron chi connectivity index (χ3n) is 3.87. The number of halogens is 1. The predicted molar refractivity (Wildman–Crippen MR) is 82.6 cm³/mol.